The number of hydrogen-bond donors (Lipinski definition) is 1. The summed E-state index contributed by atoms with van der Waals surface area (Å²) in [6.07, 6.45) is 8.52. The highest BCUT2D eigenvalue weighted by atomic mass is 16.2. The Morgan fingerprint density at radius 2 is 1.79 bits per heavy atom. The molecular formula is C22H36N6O. The second-order valence-electron chi connectivity index (χ2n) is 9.15. The SMILES string of the molecule is CC(C)Nc1cc(N2CCC(N3CCC[C@@H](C(=O)N4CCCC4)C3)CC2)ncn1. The van der Waals surface area contributed by atoms with Gasteiger partial charge >= 0.3 is 0 Å². The molecule has 7 nitrogen and oxygen atoms in total. The molecule has 3 fully saturated rings. The fourth-order valence-corrected chi connectivity index (χ4v) is 5.09. The molecule has 4 rings (SSSR count). The van der Waals surface area contributed by atoms with Gasteiger partial charge in [0.05, 0.1) is 5.92 Å². The zero-order valence-electron chi connectivity index (χ0n) is 18.0. The van der Waals surface area contributed by atoms with Gasteiger partial charge in [-0.25, -0.2) is 9.97 Å². The maximum atomic E-state index is 12.8. The quantitative estimate of drug-likeness (QED) is 0.820. The van der Waals surface area contributed by atoms with Gasteiger partial charge in [-0.2, -0.15) is 0 Å². The third-order valence-corrected chi connectivity index (χ3v) is 6.61. The smallest absolute Gasteiger partial charge is 0.226 e. The lowest BCUT2D eigenvalue weighted by Crippen LogP contribution is -2.51. The van der Waals surface area contributed by atoms with E-state index in [4.69, 9.17) is 0 Å². The maximum absolute atomic E-state index is 12.8. The standard InChI is InChI=1S/C22H36N6O/c1-17(2)25-20-14-21(24-16-23-20)26-12-7-19(8-13-26)28-11-5-6-18(15-28)22(29)27-9-3-4-10-27/h14,16-19H,3-13,15H2,1-2H3,(H,23,24,25)/t18-/m1/s1. The van der Waals surface area contributed by atoms with Crippen molar-refractivity contribution >= 4 is 17.5 Å². The van der Waals surface area contributed by atoms with E-state index in [0.717, 1.165) is 76.6 Å². The largest absolute Gasteiger partial charge is 0.368 e. The van der Waals surface area contributed by atoms with Gasteiger partial charge in [0.25, 0.3) is 0 Å². The molecule has 1 aromatic heterocycles. The summed E-state index contributed by atoms with van der Waals surface area (Å²) in [6.45, 7) is 10.3. The molecule has 1 aromatic rings. The van der Waals surface area contributed by atoms with Crippen molar-refractivity contribution in [3.8, 4) is 0 Å². The van der Waals surface area contributed by atoms with Crippen LogP contribution >= 0.6 is 0 Å². The van der Waals surface area contributed by atoms with Crippen molar-refractivity contribution in [3.63, 3.8) is 0 Å². The van der Waals surface area contributed by atoms with Crippen molar-refractivity contribution in [1.29, 1.82) is 0 Å². The van der Waals surface area contributed by atoms with E-state index in [1.54, 1.807) is 6.33 Å². The first-order valence-corrected chi connectivity index (χ1v) is 11.5. The molecule has 0 unspecified atom stereocenters. The Bertz CT molecular complexity index is 682. The summed E-state index contributed by atoms with van der Waals surface area (Å²) >= 11 is 0. The monoisotopic (exact) mass is 400 g/mol. The predicted molar refractivity (Wildman–Crippen MR) is 116 cm³/mol. The van der Waals surface area contributed by atoms with Crippen LogP contribution in [0.2, 0.25) is 0 Å². The number of rotatable bonds is 5. The van der Waals surface area contributed by atoms with E-state index in [-0.39, 0.29) is 5.92 Å². The molecule has 0 aliphatic carbocycles. The molecule has 3 aliphatic heterocycles. The summed E-state index contributed by atoms with van der Waals surface area (Å²) in [6, 6.07) is 3.01. The summed E-state index contributed by atoms with van der Waals surface area (Å²) in [5.74, 6) is 2.54. The molecule has 0 bridgehead atoms. The zero-order valence-corrected chi connectivity index (χ0v) is 18.0. The van der Waals surface area contributed by atoms with Gasteiger partial charge in [0, 0.05) is 50.9 Å². The van der Waals surface area contributed by atoms with Crippen LogP contribution in [0, 0.1) is 5.92 Å². The Morgan fingerprint density at radius 1 is 1.03 bits per heavy atom. The van der Waals surface area contributed by atoms with Crippen molar-refractivity contribution in [2.24, 2.45) is 5.92 Å². The Hall–Kier alpha value is -1.89. The summed E-state index contributed by atoms with van der Waals surface area (Å²) in [5, 5.41) is 3.36. The van der Waals surface area contributed by atoms with E-state index in [1.807, 2.05) is 0 Å². The highest BCUT2D eigenvalue weighted by Crippen LogP contribution is 2.27. The van der Waals surface area contributed by atoms with Gasteiger partial charge in [0.2, 0.25) is 5.91 Å². The van der Waals surface area contributed by atoms with E-state index in [0.29, 0.717) is 18.0 Å². The van der Waals surface area contributed by atoms with Crippen LogP contribution in [0.25, 0.3) is 0 Å². The number of carbonyl (C=O) groups is 1. The predicted octanol–water partition coefficient (Wildman–Crippen LogP) is 2.60. The van der Waals surface area contributed by atoms with E-state index in [2.05, 4.69) is 49.9 Å². The number of nitrogens with one attached hydrogen (secondary N) is 1. The van der Waals surface area contributed by atoms with E-state index in [9.17, 15) is 4.79 Å². The maximum Gasteiger partial charge on any atom is 0.226 e. The molecule has 1 amide bonds. The molecule has 3 saturated heterocycles. The van der Waals surface area contributed by atoms with Crippen molar-refractivity contribution in [2.45, 2.75) is 64.5 Å². The lowest BCUT2D eigenvalue weighted by atomic mass is 9.93. The van der Waals surface area contributed by atoms with Gasteiger partial charge in [-0.15, -0.1) is 0 Å². The molecular weight excluding hydrogens is 364 g/mol. The molecule has 160 valence electrons. The van der Waals surface area contributed by atoms with E-state index < -0.39 is 0 Å². The minimum atomic E-state index is 0.214. The van der Waals surface area contributed by atoms with Crippen LogP contribution in [-0.2, 0) is 4.79 Å². The van der Waals surface area contributed by atoms with Crippen molar-refractivity contribution in [3.05, 3.63) is 12.4 Å². The van der Waals surface area contributed by atoms with E-state index in [1.165, 1.54) is 12.8 Å². The highest BCUT2D eigenvalue weighted by molar-refractivity contribution is 5.79. The Morgan fingerprint density at radius 3 is 2.52 bits per heavy atom. The lowest BCUT2D eigenvalue weighted by molar-refractivity contribution is -0.136. The molecule has 3 aliphatic rings. The van der Waals surface area contributed by atoms with Crippen molar-refractivity contribution < 1.29 is 4.79 Å². The highest BCUT2D eigenvalue weighted by Gasteiger charge is 2.34. The first-order chi connectivity index (χ1) is 14.1. The zero-order chi connectivity index (χ0) is 20.2. The third kappa shape index (κ3) is 5.00. The fraction of sp³-hybridized carbons (Fsp3) is 0.773. The van der Waals surface area contributed by atoms with Crippen LogP contribution in [0.15, 0.2) is 12.4 Å². The average Bonchev–Trinajstić information content (AvgIpc) is 3.28. The minimum absolute atomic E-state index is 0.214. The Balaban J connectivity index is 1.30. The lowest BCUT2D eigenvalue weighted by Gasteiger charge is -2.42. The first-order valence-electron chi connectivity index (χ1n) is 11.5. The number of hydrogen-bond acceptors (Lipinski definition) is 6. The fourth-order valence-electron chi connectivity index (χ4n) is 5.09. The van der Waals surface area contributed by atoms with Gasteiger partial charge in [-0.1, -0.05) is 0 Å². The van der Waals surface area contributed by atoms with Crippen LogP contribution < -0.4 is 10.2 Å². The van der Waals surface area contributed by atoms with Crippen LogP contribution in [0.3, 0.4) is 0 Å². The number of anilines is 2. The molecule has 0 aromatic carbocycles. The molecule has 0 saturated carbocycles. The van der Waals surface area contributed by atoms with Crippen LogP contribution in [0.4, 0.5) is 11.6 Å². The Kier molecular flexibility index (Phi) is 6.53. The molecule has 0 spiro atoms. The van der Waals surface area contributed by atoms with Crippen LogP contribution in [0.5, 0.6) is 0 Å². The molecule has 1 atom stereocenters. The molecule has 7 heteroatoms. The van der Waals surface area contributed by atoms with Gasteiger partial charge in [-0.05, 0) is 58.9 Å². The van der Waals surface area contributed by atoms with Gasteiger partial charge in [-0.3, -0.25) is 9.69 Å². The van der Waals surface area contributed by atoms with Crippen molar-refractivity contribution in [1.82, 2.24) is 19.8 Å². The number of amides is 1. The topological polar surface area (TPSA) is 64.6 Å². The van der Waals surface area contributed by atoms with Gasteiger partial charge in [0.1, 0.15) is 18.0 Å². The number of nitrogens with zero attached hydrogens (tertiary/aromatic N) is 5. The third-order valence-electron chi connectivity index (χ3n) is 6.61. The van der Waals surface area contributed by atoms with Crippen LogP contribution in [0.1, 0.15) is 52.4 Å². The summed E-state index contributed by atoms with van der Waals surface area (Å²) in [7, 11) is 0. The average molecular weight is 401 g/mol. The molecule has 29 heavy (non-hydrogen) atoms. The molecule has 1 N–H and O–H groups in total. The van der Waals surface area contributed by atoms with Crippen molar-refractivity contribution in [2.75, 3.05) is 49.5 Å². The molecule has 0 radical (unpaired) electrons. The summed E-state index contributed by atoms with van der Waals surface area (Å²) < 4.78 is 0. The first kappa shape index (κ1) is 20.4. The number of piperidine rings is 2. The van der Waals surface area contributed by atoms with Gasteiger partial charge < -0.3 is 15.1 Å². The van der Waals surface area contributed by atoms with Crippen LogP contribution in [-0.4, -0.2) is 77.0 Å². The van der Waals surface area contributed by atoms with E-state index >= 15 is 0 Å². The number of aromatic nitrogens is 2. The Labute approximate surface area is 174 Å². The summed E-state index contributed by atoms with van der Waals surface area (Å²) in [5.41, 5.74) is 0. The second-order valence-corrected chi connectivity index (χ2v) is 9.15. The second kappa shape index (κ2) is 9.28. The normalized spacial score (nSPS) is 24.3. The number of carbonyl (C=O) groups excluding carboxylic acids is 1. The molecule has 4 heterocycles. The minimum Gasteiger partial charge on any atom is -0.368 e. The number of likely N-dealkylation sites (tertiary alicyclic amines) is 2. The summed E-state index contributed by atoms with van der Waals surface area (Å²) in [4.78, 5) is 28.8. The van der Waals surface area contributed by atoms with Gasteiger partial charge in [0.15, 0.2) is 0 Å².